The van der Waals surface area contributed by atoms with Gasteiger partial charge >= 0.3 is 0 Å². The first-order valence-electron chi connectivity index (χ1n) is 5.51. The highest BCUT2D eigenvalue weighted by Crippen LogP contribution is 2.25. The summed E-state index contributed by atoms with van der Waals surface area (Å²) in [7, 11) is 0. The predicted molar refractivity (Wildman–Crippen MR) is 66.1 cm³/mol. The second kappa shape index (κ2) is 4.70. The van der Waals surface area contributed by atoms with Gasteiger partial charge in [-0.05, 0) is 30.7 Å². The van der Waals surface area contributed by atoms with Crippen molar-refractivity contribution < 1.29 is 9.50 Å². The van der Waals surface area contributed by atoms with Gasteiger partial charge in [0.05, 0.1) is 11.8 Å². The van der Waals surface area contributed by atoms with Crippen molar-refractivity contribution in [1.82, 2.24) is 9.97 Å². The molecule has 3 N–H and O–H groups in total. The Morgan fingerprint density at radius 1 is 1.39 bits per heavy atom. The molecule has 0 saturated carbocycles. The van der Waals surface area contributed by atoms with E-state index < -0.39 is 11.4 Å². The van der Waals surface area contributed by atoms with E-state index >= 15 is 0 Å². The van der Waals surface area contributed by atoms with Crippen LogP contribution in [0.4, 0.5) is 10.2 Å². The first-order valence-corrected chi connectivity index (χ1v) is 5.51. The Labute approximate surface area is 104 Å². The number of nitrogens with two attached hydrogens (primary N) is 1. The molecular formula is C13H14FN3O. The van der Waals surface area contributed by atoms with Gasteiger partial charge in [0, 0.05) is 24.4 Å². The number of aromatic nitrogens is 2. The maximum Gasteiger partial charge on any atom is 0.141 e. The monoisotopic (exact) mass is 247 g/mol. The number of anilines is 1. The summed E-state index contributed by atoms with van der Waals surface area (Å²) in [6.07, 6.45) is 4.44. The van der Waals surface area contributed by atoms with Crippen LogP contribution in [-0.4, -0.2) is 15.1 Å². The zero-order chi connectivity index (χ0) is 13.2. The molecule has 18 heavy (non-hydrogen) atoms. The van der Waals surface area contributed by atoms with Gasteiger partial charge in [0.25, 0.3) is 0 Å². The molecule has 2 aromatic heterocycles. The molecule has 1 unspecified atom stereocenters. The van der Waals surface area contributed by atoms with Crippen molar-refractivity contribution in [2.24, 2.45) is 0 Å². The van der Waals surface area contributed by atoms with E-state index in [4.69, 9.17) is 5.73 Å². The normalized spacial score (nSPS) is 14.2. The Morgan fingerprint density at radius 3 is 2.83 bits per heavy atom. The molecule has 0 saturated heterocycles. The molecule has 5 heteroatoms. The number of hydrogen-bond donors (Lipinski definition) is 2. The molecule has 94 valence electrons. The lowest BCUT2D eigenvalue weighted by atomic mass is 9.90. The van der Waals surface area contributed by atoms with Gasteiger partial charge in [0.2, 0.25) is 0 Å². The van der Waals surface area contributed by atoms with Gasteiger partial charge in [-0.1, -0.05) is 0 Å². The number of rotatable bonds is 3. The summed E-state index contributed by atoms with van der Waals surface area (Å²) in [6.45, 7) is 1.61. The summed E-state index contributed by atoms with van der Waals surface area (Å²) in [6, 6.07) is 4.72. The quantitative estimate of drug-likeness (QED) is 0.865. The lowest BCUT2D eigenvalue weighted by Crippen LogP contribution is -2.24. The zero-order valence-electron chi connectivity index (χ0n) is 9.97. The summed E-state index contributed by atoms with van der Waals surface area (Å²) in [5, 5.41) is 10.4. The summed E-state index contributed by atoms with van der Waals surface area (Å²) < 4.78 is 13.1. The largest absolute Gasteiger partial charge is 0.385 e. The molecule has 4 nitrogen and oxygen atoms in total. The Kier molecular flexibility index (Phi) is 3.25. The number of halogens is 1. The summed E-state index contributed by atoms with van der Waals surface area (Å²) in [5.74, 6) is -0.0808. The summed E-state index contributed by atoms with van der Waals surface area (Å²) in [5.41, 5.74) is 5.63. The van der Waals surface area contributed by atoms with Crippen molar-refractivity contribution in [3.05, 3.63) is 53.7 Å². The average Bonchev–Trinajstić information content (AvgIpc) is 2.28. The third-order valence-corrected chi connectivity index (χ3v) is 2.72. The third kappa shape index (κ3) is 2.81. The van der Waals surface area contributed by atoms with E-state index in [-0.39, 0.29) is 0 Å². The molecule has 0 fully saturated rings. The van der Waals surface area contributed by atoms with Gasteiger partial charge in [-0.15, -0.1) is 0 Å². The number of hydrogen-bond acceptors (Lipinski definition) is 4. The third-order valence-electron chi connectivity index (χ3n) is 2.72. The highest BCUT2D eigenvalue weighted by molar-refractivity contribution is 5.33. The molecule has 0 radical (unpaired) electrons. The maximum atomic E-state index is 13.1. The molecule has 0 aromatic carbocycles. The first-order chi connectivity index (χ1) is 8.47. The van der Waals surface area contributed by atoms with Crippen LogP contribution in [0, 0.1) is 5.82 Å². The van der Waals surface area contributed by atoms with E-state index in [1.54, 1.807) is 25.3 Å². The molecular weight excluding hydrogens is 233 g/mol. The van der Waals surface area contributed by atoms with Crippen LogP contribution < -0.4 is 5.73 Å². The SMILES string of the molecule is CC(O)(Cc1ccnc(N)c1)c1cncc(F)c1. The van der Waals surface area contributed by atoms with Crippen molar-refractivity contribution in [2.45, 2.75) is 18.9 Å². The molecule has 0 amide bonds. The fraction of sp³-hybridized carbons (Fsp3) is 0.231. The fourth-order valence-electron chi connectivity index (χ4n) is 1.81. The summed E-state index contributed by atoms with van der Waals surface area (Å²) in [4.78, 5) is 7.62. The van der Waals surface area contributed by atoms with Crippen LogP contribution in [0.2, 0.25) is 0 Å². The molecule has 2 heterocycles. The minimum Gasteiger partial charge on any atom is -0.385 e. The van der Waals surface area contributed by atoms with Crippen molar-refractivity contribution in [3.63, 3.8) is 0 Å². The van der Waals surface area contributed by atoms with E-state index in [1.807, 2.05) is 0 Å². The van der Waals surface area contributed by atoms with Gasteiger partial charge in [-0.25, -0.2) is 9.37 Å². The highest BCUT2D eigenvalue weighted by Gasteiger charge is 2.24. The molecule has 0 aliphatic carbocycles. The van der Waals surface area contributed by atoms with Gasteiger partial charge in [-0.2, -0.15) is 0 Å². The number of aliphatic hydroxyl groups is 1. The van der Waals surface area contributed by atoms with Crippen LogP contribution in [0.5, 0.6) is 0 Å². The van der Waals surface area contributed by atoms with Gasteiger partial charge in [0.15, 0.2) is 0 Å². The van der Waals surface area contributed by atoms with Crippen molar-refractivity contribution in [1.29, 1.82) is 0 Å². The first kappa shape index (κ1) is 12.4. The van der Waals surface area contributed by atoms with Crippen LogP contribution in [0.1, 0.15) is 18.1 Å². The van der Waals surface area contributed by atoms with E-state index in [1.165, 1.54) is 12.3 Å². The topological polar surface area (TPSA) is 72.0 Å². The molecule has 0 aliphatic rings. The summed E-state index contributed by atoms with van der Waals surface area (Å²) >= 11 is 0. The predicted octanol–water partition coefficient (Wildman–Crippen LogP) is 1.65. The van der Waals surface area contributed by atoms with Crippen LogP contribution >= 0.6 is 0 Å². The molecule has 0 spiro atoms. The molecule has 2 aromatic rings. The maximum absolute atomic E-state index is 13.1. The van der Waals surface area contributed by atoms with Crippen LogP contribution in [0.3, 0.4) is 0 Å². The zero-order valence-corrected chi connectivity index (χ0v) is 9.97. The smallest absolute Gasteiger partial charge is 0.141 e. The number of pyridine rings is 2. The minimum atomic E-state index is -1.21. The van der Waals surface area contributed by atoms with Crippen molar-refractivity contribution >= 4 is 5.82 Å². The average molecular weight is 247 g/mol. The molecule has 1 atom stereocenters. The van der Waals surface area contributed by atoms with Gasteiger partial charge in [0.1, 0.15) is 11.6 Å². The number of nitrogen functional groups attached to an aromatic ring is 1. The van der Waals surface area contributed by atoms with Crippen LogP contribution in [0.15, 0.2) is 36.8 Å². The van der Waals surface area contributed by atoms with Crippen LogP contribution in [0.25, 0.3) is 0 Å². The lowest BCUT2D eigenvalue weighted by molar-refractivity contribution is 0.0569. The van der Waals surface area contributed by atoms with Gasteiger partial charge in [-0.3, -0.25) is 4.98 Å². The van der Waals surface area contributed by atoms with E-state index in [0.29, 0.717) is 17.8 Å². The molecule has 0 aliphatic heterocycles. The van der Waals surface area contributed by atoms with Crippen molar-refractivity contribution in [2.75, 3.05) is 5.73 Å². The standard InChI is InChI=1S/C13H14FN3O/c1-13(18,10-5-11(14)8-16-7-10)6-9-2-3-17-12(15)4-9/h2-5,7-8,18H,6H2,1H3,(H2,15,17). The van der Waals surface area contributed by atoms with E-state index in [0.717, 1.165) is 11.8 Å². The number of nitrogens with zero attached hydrogens (tertiary/aromatic N) is 2. The molecule has 0 bridgehead atoms. The Balaban J connectivity index is 2.26. The van der Waals surface area contributed by atoms with Crippen molar-refractivity contribution in [3.8, 4) is 0 Å². The minimum absolute atomic E-state index is 0.310. The van der Waals surface area contributed by atoms with E-state index in [9.17, 15) is 9.50 Å². The van der Waals surface area contributed by atoms with E-state index in [2.05, 4.69) is 9.97 Å². The molecule has 2 rings (SSSR count). The lowest BCUT2D eigenvalue weighted by Gasteiger charge is -2.23. The highest BCUT2D eigenvalue weighted by atomic mass is 19.1. The second-order valence-electron chi connectivity index (χ2n) is 4.43. The fourth-order valence-corrected chi connectivity index (χ4v) is 1.81. The van der Waals surface area contributed by atoms with Crippen LogP contribution in [-0.2, 0) is 12.0 Å². The van der Waals surface area contributed by atoms with Gasteiger partial charge < -0.3 is 10.8 Å². The second-order valence-corrected chi connectivity index (χ2v) is 4.43. The Hall–Kier alpha value is -2.01. The Morgan fingerprint density at radius 2 is 2.17 bits per heavy atom. The Bertz CT molecular complexity index is 557.